The van der Waals surface area contributed by atoms with Gasteiger partial charge in [-0.25, -0.2) is 4.98 Å². The fourth-order valence-corrected chi connectivity index (χ4v) is 2.88. The van der Waals surface area contributed by atoms with Gasteiger partial charge < -0.3 is 15.5 Å². The Bertz CT molecular complexity index is 651. The predicted molar refractivity (Wildman–Crippen MR) is 99.6 cm³/mol. The Morgan fingerprint density at radius 3 is 2.61 bits per heavy atom. The lowest BCUT2D eigenvalue weighted by atomic mass is 10.1. The number of nitrogens with one attached hydrogen (secondary N) is 2. The first-order valence-corrected chi connectivity index (χ1v) is 8.59. The molecule has 2 N–H and O–H groups in total. The van der Waals surface area contributed by atoms with Crippen LogP contribution in [0.2, 0.25) is 5.02 Å². The minimum Gasteiger partial charge on any atom is -0.354 e. The number of anilines is 1. The molecule has 0 fully saturated rings. The van der Waals surface area contributed by atoms with Crippen LogP contribution in [0.1, 0.15) is 24.2 Å². The molecule has 1 atom stereocenters. The van der Waals surface area contributed by atoms with Crippen molar-refractivity contribution in [1.29, 1.82) is 0 Å². The van der Waals surface area contributed by atoms with Gasteiger partial charge >= 0.3 is 0 Å². The highest BCUT2D eigenvalue weighted by molar-refractivity contribution is 7.13. The summed E-state index contributed by atoms with van der Waals surface area (Å²) in [5, 5.41) is 10.4. The SMILES string of the molecule is CN=C(NCc1csc(N(C)C)n1)NC(C)c1ccc(Cl)cc1. The van der Waals surface area contributed by atoms with Gasteiger partial charge in [-0.05, 0) is 24.6 Å². The van der Waals surface area contributed by atoms with Crippen LogP contribution in [0.3, 0.4) is 0 Å². The van der Waals surface area contributed by atoms with Crippen LogP contribution < -0.4 is 15.5 Å². The molecule has 124 valence electrons. The Kier molecular flexibility index (Phi) is 6.24. The number of halogens is 1. The second-order valence-electron chi connectivity index (χ2n) is 5.36. The van der Waals surface area contributed by atoms with Crippen molar-refractivity contribution in [3.63, 3.8) is 0 Å². The summed E-state index contributed by atoms with van der Waals surface area (Å²) in [6, 6.07) is 7.94. The topological polar surface area (TPSA) is 52.6 Å². The van der Waals surface area contributed by atoms with E-state index in [0.717, 1.165) is 27.4 Å². The first-order chi connectivity index (χ1) is 11.0. The average molecular weight is 352 g/mol. The van der Waals surface area contributed by atoms with E-state index in [1.54, 1.807) is 18.4 Å². The molecular formula is C16H22ClN5S. The molecule has 0 spiro atoms. The lowest BCUT2D eigenvalue weighted by Gasteiger charge is -2.18. The zero-order valence-electron chi connectivity index (χ0n) is 13.8. The summed E-state index contributed by atoms with van der Waals surface area (Å²) in [5.74, 6) is 0.742. The van der Waals surface area contributed by atoms with Crippen molar-refractivity contribution < 1.29 is 0 Å². The Morgan fingerprint density at radius 2 is 2.04 bits per heavy atom. The van der Waals surface area contributed by atoms with Gasteiger partial charge in [-0.3, -0.25) is 4.99 Å². The average Bonchev–Trinajstić information content (AvgIpc) is 3.01. The smallest absolute Gasteiger partial charge is 0.191 e. The summed E-state index contributed by atoms with van der Waals surface area (Å²) in [5.41, 5.74) is 2.15. The normalized spacial score (nSPS) is 12.8. The number of thiazole rings is 1. The molecular weight excluding hydrogens is 330 g/mol. The summed E-state index contributed by atoms with van der Waals surface area (Å²) >= 11 is 7.56. The fourth-order valence-electron chi connectivity index (χ4n) is 1.99. The minimum atomic E-state index is 0.131. The summed E-state index contributed by atoms with van der Waals surface area (Å²) < 4.78 is 0. The van der Waals surface area contributed by atoms with Crippen LogP contribution in [0.4, 0.5) is 5.13 Å². The van der Waals surface area contributed by atoms with E-state index < -0.39 is 0 Å². The van der Waals surface area contributed by atoms with Crippen LogP contribution in [0, 0.1) is 0 Å². The van der Waals surface area contributed by atoms with Crippen LogP contribution in [-0.4, -0.2) is 32.1 Å². The number of guanidine groups is 1. The number of aliphatic imine (C=N–C) groups is 1. The zero-order valence-corrected chi connectivity index (χ0v) is 15.4. The lowest BCUT2D eigenvalue weighted by molar-refractivity contribution is 0.683. The Morgan fingerprint density at radius 1 is 1.35 bits per heavy atom. The Balaban J connectivity index is 1.91. The number of aromatic nitrogens is 1. The van der Waals surface area contributed by atoms with Gasteiger partial charge in [0.25, 0.3) is 0 Å². The van der Waals surface area contributed by atoms with E-state index in [1.807, 2.05) is 43.3 Å². The molecule has 1 aromatic carbocycles. The highest BCUT2D eigenvalue weighted by Crippen LogP contribution is 2.18. The Labute approximate surface area is 146 Å². The molecule has 0 saturated carbocycles. The molecule has 0 radical (unpaired) electrons. The van der Waals surface area contributed by atoms with Gasteiger partial charge in [0.2, 0.25) is 0 Å². The maximum absolute atomic E-state index is 5.93. The van der Waals surface area contributed by atoms with Crippen molar-refractivity contribution in [2.75, 3.05) is 26.0 Å². The van der Waals surface area contributed by atoms with Crippen LogP contribution in [0.25, 0.3) is 0 Å². The summed E-state index contributed by atoms with van der Waals surface area (Å²) in [7, 11) is 5.74. The third-order valence-electron chi connectivity index (χ3n) is 3.31. The van der Waals surface area contributed by atoms with Crippen LogP contribution in [0.15, 0.2) is 34.6 Å². The molecule has 0 aliphatic carbocycles. The van der Waals surface area contributed by atoms with Gasteiger partial charge in [-0.2, -0.15) is 0 Å². The summed E-state index contributed by atoms with van der Waals surface area (Å²) in [4.78, 5) is 10.8. The van der Waals surface area contributed by atoms with Crippen molar-refractivity contribution in [2.45, 2.75) is 19.5 Å². The van der Waals surface area contributed by atoms with Crippen molar-refractivity contribution in [3.8, 4) is 0 Å². The Hall–Kier alpha value is -1.79. The van der Waals surface area contributed by atoms with Crippen LogP contribution in [0.5, 0.6) is 0 Å². The maximum Gasteiger partial charge on any atom is 0.191 e. The minimum absolute atomic E-state index is 0.131. The molecule has 0 bridgehead atoms. The van der Waals surface area contributed by atoms with Gasteiger partial charge in [-0.15, -0.1) is 11.3 Å². The molecule has 2 rings (SSSR count). The molecule has 23 heavy (non-hydrogen) atoms. The standard InChI is InChI=1S/C16H22ClN5S/c1-11(12-5-7-13(17)8-6-12)20-15(18-2)19-9-14-10-23-16(21-14)22(3)4/h5-8,10-11H,9H2,1-4H3,(H2,18,19,20). The highest BCUT2D eigenvalue weighted by atomic mass is 35.5. The number of hydrogen-bond donors (Lipinski definition) is 2. The third kappa shape index (κ3) is 5.11. The van der Waals surface area contributed by atoms with E-state index in [0.29, 0.717) is 6.54 Å². The van der Waals surface area contributed by atoms with E-state index in [-0.39, 0.29) is 6.04 Å². The molecule has 0 aliphatic heterocycles. The lowest BCUT2D eigenvalue weighted by Crippen LogP contribution is -2.38. The van der Waals surface area contributed by atoms with Crippen LogP contribution in [-0.2, 0) is 6.54 Å². The van der Waals surface area contributed by atoms with Gasteiger partial charge in [0.15, 0.2) is 11.1 Å². The van der Waals surface area contributed by atoms with Crippen molar-refractivity contribution >= 4 is 34.0 Å². The zero-order chi connectivity index (χ0) is 16.8. The van der Waals surface area contributed by atoms with Crippen LogP contribution >= 0.6 is 22.9 Å². The molecule has 2 aromatic rings. The van der Waals surface area contributed by atoms with E-state index in [9.17, 15) is 0 Å². The van der Waals surface area contributed by atoms with E-state index in [2.05, 4.69) is 32.9 Å². The van der Waals surface area contributed by atoms with E-state index in [4.69, 9.17) is 11.6 Å². The molecule has 0 amide bonds. The molecule has 1 unspecified atom stereocenters. The van der Waals surface area contributed by atoms with Crippen molar-refractivity contribution in [3.05, 3.63) is 45.9 Å². The molecule has 0 saturated heterocycles. The summed E-state index contributed by atoms with van der Waals surface area (Å²) in [6.07, 6.45) is 0. The van der Waals surface area contributed by atoms with E-state index in [1.165, 1.54) is 0 Å². The van der Waals surface area contributed by atoms with Gasteiger partial charge in [0, 0.05) is 31.5 Å². The number of benzene rings is 1. The third-order valence-corrected chi connectivity index (χ3v) is 4.62. The van der Waals surface area contributed by atoms with E-state index >= 15 is 0 Å². The summed E-state index contributed by atoms with van der Waals surface area (Å²) in [6.45, 7) is 2.72. The largest absolute Gasteiger partial charge is 0.354 e. The maximum atomic E-state index is 5.93. The second-order valence-corrected chi connectivity index (χ2v) is 6.63. The first-order valence-electron chi connectivity index (χ1n) is 7.34. The quantitative estimate of drug-likeness (QED) is 0.641. The highest BCUT2D eigenvalue weighted by Gasteiger charge is 2.09. The molecule has 0 aliphatic rings. The first kappa shape index (κ1) is 17.6. The van der Waals surface area contributed by atoms with Gasteiger partial charge in [-0.1, -0.05) is 23.7 Å². The predicted octanol–water partition coefficient (Wildman–Crippen LogP) is 3.29. The monoisotopic (exact) mass is 351 g/mol. The molecule has 1 heterocycles. The molecule has 5 nitrogen and oxygen atoms in total. The molecule has 1 aromatic heterocycles. The van der Waals surface area contributed by atoms with Gasteiger partial charge in [0.1, 0.15) is 0 Å². The molecule has 7 heteroatoms. The number of hydrogen-bond acceptors (Lipinski definition) is 4. The fraction of sp³-hybridized carbons (Fsp3) is 0.375. The number of nitrogens with zero attached hydrogens (tertiary/aromatic N) is 3. The number of rotatable bonds is 5. The van der Waals surface area contributed by atoms with Crippen molar-refractivity contribution in [2.24, 2.45) is 4.99 Å². The van der Waals surface area contributed by atoms with Gasteiger partial charge in [0.05, 0.1) is 18.3 Å². The second kappa shape index (κ2) is 8.17. The van der Waals surface area contributed by atoms with Crippen molar-refractivity contribution in [1.82, 2.24) is 15.6 Å².